The van der Waals surface area contributed by atoms with Crippen LogP contribution < -0.4 is 15.4 Å². The zero-order valence-electron chi connectivity index (χ0n) is 27.0. The largest absolute Gasteiger partial charge is 0.488 e. The number of nitrogens with zero attached hydrogens (tertiary/aromatic N) is 3. The molecule has 3 aliphatic rings. The van der Waals surface area contributed by atoms with Crippen LogP contribution >= 0.6 is 0 Å². The summed E-state index contributed by atoms with van der Waals surface area (Å²) in [5.41, 5.74) is 12.1. The Morgan fingerprint density at radius 3 is 2.72 bits per heavy atom. The fourth-order valence-corrected chi connectivity index (χ4v) is 7.28. The van der Waals surface area contributed by atoms with Gasteiger partial charge in [-0.2, -0.15) is 5.26 Å². The number of carbonyl (C=O) groups is 1. The van der Waals surface area contributed by atoms with Crippen molar-refractivity contribution in [2.24, 2.45) is 17.6 Å². The number of ether oxygens (including phenoxy) is 2. The van der Waals surface area contributed by atoms with Gasteiger partial charge in [0.15, 0.2) is 6.29 Å². The normalized spacial score (nSPS) is 21.3. The molecule has 3 unspecified atom stereocenters. The molecule has 1 heterocycles. The second-order valence-corrected chi connectivity index (χ2v) is 13.8. The fraction of sp³-hybridized carbons (Fsp3) is 0.474. The molecule has 3 fully saturated rings. The molecule has 3 aromatic rings. The number of aldehydes is 1. The molecule has 1 aliphatic heterocycles. The van der Waals surface area contributed by atoms with Gasteiger partial charge in [0.2, 0.25) is 0 Å². The first-order valence-electron chi connectivity index (χ1n) is 16.5. The Balaban J connectivity index is 1.05. The van der Waals surface area contributed by atoms with E-state index in [0.717, 1.165) is 68.0 Å². The van der Waals surface area contributed by atoms with E-state index in [1.54, 1.807) is 18.2 Å². The van der Waals surface area contributed by atoms with E-state index in [2.05, 4.69) is 17.0 Å². The Hall–Kier alpha value is -3.77. The first-order chi connectivity index (χ1) is 22.3. The summed E-state index contributed by atoms with van der Waals surface area (Å²) >= 11 is 0. The molecule has 2 saturated carbocycles. The summed E-state index contributed by atoms with van der Waals surface area (Å²) in [6.07, 6.45) is 7.87. The second-order valence-electron chi connectivity index (χ2n) is 13.8. The van der Waals surface area contributed by atoms with Crippen molar-refractivity contribution in [2.45, 2.75) is 69.7 Å². The first-order valence-corrected chi connectivity index (χ1v) is 16.5. The molecule has 46 heavy (non-hydrogen) atoms. The van der Waals surface area contributed by atoms with Crippen LogP contribution in [0.4, 0.5) is 10.1 Å². The molecule has 0 spiro atoms. The quantitative estimate of drug-likeness (QED) is 0.173. The molecule has 8 heteroatoms. The highest BCUT2D eigenvalue weighted by molar-refractivity contribution is 5.78. The molecular formula is C38H45FN4O3. The van der Waals surface area contributed by atoms with Crippen LogP contribution in [0.15, 0.2) is 54.6 Å². The van der Waals surface area contributed by atoms with Gasteiger partial charge in [-0.3, -0.25) is 4.79 Å². The zero-order chi connectivity index (χ0) is 32.3. The van der Waals surface area contributed by atoms with E-state index in [9.17, 15) is 10.1 Å². The van der Waals surface area contributed by atoms with Crippen LogP contribution in [0.1, 0.15) is 70.3 Å². The Bertz CT molecular complexity index is 1600. The third-order valence-corrected chi connectivity index (χ3v) is 10.1. The third-order valence-electron chi connectivity index (χ3n) is 10.1. The lowest BCUT2D eigenvalue weighted by Gasteiger charge is -2.37. The zero-order valence-corrected chi connectivity index (χ0v) is 27.0. The lowest BCUT2D eigenvalue weighted by atomic mass is 9.78. The van der Waals surface area contributed by atoms with Crippen molar-refractivity contribution < 1.29 is 18.7 Å². The molecule has 0 aromatic heterocycles. The van der Waals surface area contributed by atoms with E-state index >= 15 is 4.39 Å². The predicted octanol–water partition coefficient (Wildman–Crippen LogP) is 6.05. The maximum Gasteiger partial charge on any atom is 0.150 e. The van der Waals surface area contributed by atoms with Crippen LogP contribution in [0, 0.1) is 29.0 Å². The lowest BCUT2D eigenvalue weighted by molar-refractivity contribution is 0.0517. The number of fused-ring (bicyclic) bond motifs is 1. The maximum absolute atomic E-state index is 15.3. The molecule has 3 atom stereocenters. The molecule has 7 nitrogen and oxygen atoms in total. The van der Waals surface area contributed by atoms with Gasteiger partial charge in [-0.15, -0.1) is 0 Å². The van der Waals surface area contributed by atoms with Crippen LogP contribution in [-0.4, -0.2) is 56.6 Å². The number of piperidine rings is 1. The van der Waals surface area contributed by atoms with Gasteiger partial charge in [-0.25, -0.2) is 4.39 Å². The average molecular weight is 625 g/mol. The summed E-state index contributed by atoms with van der Waals surface area (Å²) in [7, 11) is 3.87. The van der Waals surface area contributed by atoms with E-state index in [0.29, 0.717) is 60.1 Å². The topological polar surface area (TPSA) is 91.8 Å². The van der Waals surface area contributed by atoms with E-state index in [-0.39, 0.29) is 18.0 Å². The number of benzene rings is 3. The van der Waals surface area contributed by atoms with Gasteiger partial charge < -0.3 is 25.0 Å². The van der Waals surface area contributed by atoms with Crippen molar-refractivity contribution in [1.82, 2.24) is 4.90 Å². The highest BCUT2D eigenvalue weighted by atomic mass is 19.1. The summed E-state index contributed by atoms with van der Waals surface area (Å²) in [6.45, 7) is 2.80. The monoisotopic (exact) mass is 624 g/mol. The van der Waals surface area contributed by atoms with Crippen LogP contribution in [0.3, 0.4) is 0 Å². The van der Waals surface area contributed by atoms with Crippen molar-refractivity contribution in [1.29, 1.82) is 5.26 Å². The molecule has 2 N–H and O–H groups in total. The second kappa shape index (κ2) is 13.9. The SMILES string of the molecule is CN(C)Cc1c(C=O)cccc1OCc1ccc(CC2CCN(c3ccc(C#N)cc3CCOCC3(N)CCC3)C3CC23)cc1F. The molecule has 242 valence electrons. The standard InChI is InChI=1S/C38H45FN4O3/c1-42(2)22-33-30(23-44)5-3-6-37(33)46-24-31-9-7-26(19-34(31)39)17-28-11-15-43(36-20-32(28)36)35-10-8-27(21-40)18-29(35)12-16-45-25-38(41)13-4-14-38/h3,5-10,18-19,23,28,32,36H,4,11-17,20,22,24-25,41H2,1-2H3. The summed E-state index contributed by atoms with van der Waals surface area (Å²) in [6, 6.07) is 19.7. The minimum absolute atomic E-state index is 0.100. The first kappa shape index (κ1) is 32.2. The van der Waals surface area contributed by atoms with Gasteiger partial charge in [0.1, 0.15) is 18.2 Å². The highest BCUT2D eigenvalue weighted by Gasteiger charge is 2.50. The minimum atomic E-state index is -0.259. The molecule has 0 radical (unpaired) electrons. The number of halogens is 1. The number of nitriles is 1. The lowest BCUT2D eigenvalue weighted by Crippen LogP contribution is -2.50. The van der Waals surface area contributed by atoms with Crippen molar-refractivity contribution in [3.63, 3.8) is 0 Å². The van der Waals surface area contributed by atoms with Gasteiger partial charge in [0.25, 0.3) is 0 Å². The number of rotatable bonds is 14. The molecule has 1 saturated heterocycles. The minimum Gasteiger partial charge on any atom is -0.488 e. The van der Waals surface area contributed by atoms with E-state index in [1.165, 1.54) is 12.1 Å². The van der Waals surface area contributed by atoms with E-state index < -0.39 is 0 Å². The molecule has 2 aliphatic carbocycles. The Morgan fingerprint density at radius 1 is 1.15 bits per heavy atom. The van der Waals surface area contributed by atoms with Crippen LogP contribution in [0.5, 0.6) is 5.75 Å². The summed E-state index contributed by atoms with van der Waals surface area (Å²) in [4.78, 5) is 16.1. The summed E-state index contributed by atoms with van der Waals surface area (Å²) in [5, 5.41) is 9.54. The molecule has 6 rings (SSSR count). The summed E-state index contributed by atoms with van der Waals surface area (Å²) in [5.74, 6) is 1.43. The van der Waals surface area contributed by atoms with E-state index in [1.807, 2.05) is 49.3 Å². The highest BCUT2D eigenvalue weighted by Crippen LogP contribution is 2.50. The Morgan fingerprint density at radius 2 is 2.00 bits per heavy atom. The third kappa shape index (κ3) is 7.28. The number of hydrogen-bond acceptors (Lipinski definition) is 7. The summed E-state index contributed by atoms with van der Waals surface area (Å²) < 4.78 is 27.3. The average Bonchev–Trinajstić information content (AvgIpc) is 3.84. The van der Waals surface area contributed by atoms with E-state index in [4.69, 9.17) is 15.2 Å². The smallest absolute Gasteiger partial charge is 0.150 e. The fourth-order valence-electron chi connectivity index (χ4n) is 7.28. The molecular weight excluding hydrogens is 579 g/mol. The van der Waals surface area contributed by atoms with Gasteiger partial charge >= 0.3 is 0 Å². The Labute approximate surface area is 272 Å². The maximum atomic E-state index is 15.3. The number of hydrogen-bond donors (Lipinski definition) is 1. The van der Waals surface area contributed by atoms with Gasteiger partial charge in [0, 0.05) is 47.0 Å². The number of carbonyl (C=O) groups excluding carboxylic acids is 1. The van der Waals surface area contributed by atoms with Crippen molar-refractivity contribution in [3.8, 4) is 11.8 Å². The van der Waals surface area contributed by atoms with Crippen LogP contribution in [0.2, 0.25) is 0 Å². The van der Waals surface area contributed by atoms with Gasteiger partial charge in [-0.05, 0) is 112 Å². The van der Waals surface area contributed by atoms with Crippen LogP contribution in [-0.2, 0) is 30.7 Å². The van der Waals surface area contributed by atoms with Crippen LogP contribution in [0.25, 0.3) is 0 Å². The molecule has 3 aromatic carbocycles. The van der Waals surface area contributed by atoms with Gasteiger partial charge in [-0.1, -0.05) is 24.3 Å². The number of nitrogens with two attached hydrogens (primary N) is 1. The molecule has 0 amide bonds. The van der Waals surface area contributed by atoms with Crippen molar-refractivity contribution in [3.05, 3.63) is 93.8 Å². The predicted molar refractivity (Wildman–Crippen MR) is 177 cm³/mol. The van der Waals surface area contributed by atoms with Crippen molar-refractivity contribution >= 4 is 12.0 Å². The Kier molecular flexibility index (Phi) is 9.74. The molecule has 0 bridgehead atoms. The number of anilines is 1. The van der Waals surface area contributed by atoms with Crippen molar-refractivity contribution in [2.75, 3.05) is 38.8 Å². The van der Waals surface area contributed by atoms with Gasteiger partial charge in [0.05, 0.1) is 24.8 Å².